The molecule has 3 aromatic rings. The summed E-state index contributed by atoms with van der Waals surface area (Å²) in [5.74, 6) is -1.26. The number of para-hydroxylation sites is 2. The van der Waals surface area contributed by atoms with E-state index in [9.17, 15) is 19.7 Å². The number of nitro benzene ring substituents is 1. The van der Waals surface area contributed by atoms with Crippen LogP contribution < -0.4 is 5.32 Å². The number of aryl methyl sites for hydroxylation is 1. The maximum Gasteiger partial charge on any atom is 0.310 e. The summed E-state index contributed by atoms with van der Waals surface area (Å²) in [6, 6.07) is 11.5. The van der Waals surface area contributed by atoms with Crippen molar-refractivity contribution in [1.29, 1.82) is 0 Å². The van der Waals surface area contributed by atoms with Gasteiger partial charge < -0.3 is 14.5 Å². The normalized spacial score (nSPS) is 10.6. The number of hydrogen-bond acceptors (Lipinski definition) is 6. The van der Waals surface area contributed by atoms with Crippen LogP contribution in [0.15, 0.2) is 53.1 Å². The van der Waals surface area contributed by atoms with Crippen molar-refractivity contribution in [1.82, 2.24) is 0 Å². The maximum absolute atomic E-state index is 12.1. The Morgan fingerprint density at radius 3 is 2.75 bits per heavy atom. The average molecular weight is 382 g/mol. The molecule has 1 aromatic heterocycles. The van der Waals surface area contributed by atoms with Crippen molar-refractivity contribution in [3.63, 3.8) is 0 Å². The zero-order chi connectivity index (χ0) is 20.1. The van der Waals surface area contributed by atoms with Crippen LogP contribution in [-0.4, -0.2) is 23.4 Å². The van der Waals surface area contributed by atoms with Crippen molar-refractivity contribution in [2.45, 2.75) is 19.8 Å². The summed E-state index contributed by atoms with van der Waals surface area (Å²) in [5.41, 5.74) is 2.29. The number of ether oxygens (including phenoxy) is 1. The Balaban J connectivity index is 1.57. The van der Waals surface area contributed by atoms with Crippen LogP contribution in [0.25, 0.3) is 11.0 Å². The smallest absolute Gasteiger partial charge is 0.310 e. The summed E-state index contributed by atoms with van der Waals surface area (Å²) < 4.78 is 10.5. The van der Waals surface area contributed by atoms with Gasteiger partial charge in [-0.05, 0) is 24.1 Å². The van der Waals surface area contributed by atoms with E-state index in [0.717, 1.165) is 17.4 Å². The topological polar surface area (TPSA) is 112 Å². The molecule has 0 saturated heterocycles. The first-order chi connectivity index (χ1) is 13.5. The van der Waals surface area contributed by atoms with Crippen LogP contribution in [0.4, 0.5) is 11.4 Å². The number of anilines is 1. The predicted molar refractivity (Wildman–Crippen MR) is 102 cm³/mol. The van der Waals surface area contributed by atoms with E-state index in [1.165, 1.54) is 24.5 Å². The van der Waals surface area contributed by atoms with Crippen molar-refractivity contribution in [3.8, 4) is 0 Å². The van der Waals surface area contributed by atoms with Gasteiger partial charge >= 0.3 is 5.97 Å². The summed E-state index contributed by atoms with van der Waals surface area (Å²) in [5, 5.41) is 14.1. The highest BCUT2D eigenvalue weighted by atomic mass is 16.6. The number of nitrogens with zero attached hydrogens (tertiary/aromatic N) is 1. The number of nitrogens with one attached hydrogen (secondary N) is 1. The van der Waals surface area contributed by atoms with Gasteiger partial charge in [-0.2, -0.15) is 0 Å². The van der Waals surface area contributed by atoms with E-state index < -0.39 is 23.4 Å². The van der Waals surface area contributed by atoms with E-state index in [2.05, 4.69) is 5.32 Å². The van der Waals surface area contributed by atoms with Crippen LogP contribution in [-0.2, 0) is 27.2 Å². The molecule has 8 nitrogen and oxygen atoms in total. The Kier molecular flexibility index (Phi) is 5.69. The van der Waals surface area contributed by atoms with Gasteiger partial charge in [0.1, 0.15) is 11.3 Å². The van der Waals surface area contributed by atoms with Gasteiger partial charge in [0.25, 0.3) is 11.6 Å². The van der Waals surface area contributed by atoms with Gasteiger partial charge in [-0.25, -0.2) is 0 Å². The zero-order valence-corrected chi connectivity index (χ0v) is 15.1. The second-order valence-electron chi connectivity index (χ2n) is 6.10. The zero-order valence-electron chi connectivity index (χ0n) is 15.1. The number of fused-ring (bicyclic) bond motifs is 1. The lowest BCUT2D eigenvalue weighted by Crippen LogP contribution is -2.22. The van der Waals surface area contributed by atoms with E-state index in [1.54, 1.807) is 6.07 Å². The second kappa shape index (κ2) is 8.34. The number of carbonyl (C=O) groups is 2. The fraction of sp³-hybridized carbons (Fsp3) is 0.200. The van der Waals surface area contributed by atoms with E-state index >= 15 is 0 Å². The molecule has 0 aliphatic rings. The molecule has 0 saturated carbocycles. The molecule has 0 radical (unpaired) electrons. The minimum Gasteiger partial charge on any atom is -0.464 e. The van der Waals surface area contributed by atoms with Gasteiger partial charge in [0.05, 0.1) is 17.6 Å². The van der Waals surface area contributed by atoms with Gasteiger partial charge in [-0.1, -0.05) is 31.2 Å². The number of hydrogen-bond donors (Lipinski definition) is 1. The van der Waals surface area contributed by atoms with E-state index in [1.807, 2.05) is 25.1 Å². The first-order valence-corrected chi connectivity index (χ1v) is 8.66. The van der Waals surface area contributed by atoms with Crippen LogP contribution in [0, 0.1) is 10.1 Å². The van der Waals surface area contributed by atoms with Crippen LogP contribution in [0.5, 0.6) is 0 Å². The fourth-order valence-electron chi connectivity index (χ4n) is 2.76. The monoisotopic (exact) mass is 382 g/mol. The van der Waals surface area contributed by atoms with Crippen LogP contribution >= 0.6 is 0 Å². The average Bonchev–Trinajstić information content (AvgIpc) is 3.08. The van der Waals surface area contributed by atoms with Crippen molar-refractivity contribution in [2.75, 3.05) is 11.9 Å². The quantitative estimate of drug-likeness (QED) is 0.379. The lowest BCUT2D eigenvalue weighted by atomic mass is 10.1. The fourth-order valence-corrected chi connectivity index (χ4v) is 2.76. The van der Waals surface area contributed by atoms with E-state index in [0.29, 0.717) is 11.1 Å². The SMILES string of the molecule is CCc1ccc2c(CC(=O)OCC(=O)Nc3ccccc3[N+](=O)[O-])coc2c1. The predicted octanol–water partition coefficient (Wildman–Crippen LogP) is 3.63. The number of carbonyl (C=O) groups excluding carboxylic acids is 2. The van der Waals surface area contributed by atoms with Gasteiger partial charge in [0, 0.05) is 17.0 Å². The number of esters is 1. The Morgan fingerprint density at radius 2 is 2.00 bits per heavy atom. The summed E-state index contributed by atoms with van der Waals surface area (Å²) in [7, 11) is 0. The molecule has 0 fully saturated rings. The molecule has 28 heavy (non-hydrogen) atoms. The Labute approximate surface area is 160 Å². The minimum atomic E-state index is -0.660. The molecular weight excluding hydrogens is 364 g/mol. The number of amides is 1. The first-order valence-electron chi connectivity index (χ1n) is 8.66. The molecule has 1 amide bonds. The highest BCUT2D eigenvalue weighted by Gasteiger charge is 2.17. The molecule has 144 valence electrons. The van der Waals surface area contributed by atoms with Crippen LogP contribution in [0.2, 0.25) is 0 Å². The Hall–Kier alpha value is -3.68. The van der Waals surface area contributed by atoms with Crippen molar-refractivity contribution < 1.29 is 23.7 Å². The number of rotatable bonds is 7. The molecule has 8 heteroatoms. The highest BCUT2D eigenvalue weighted by Crippen LogP contribution is 2.24. The molecule has 0 bridgehead atoms. The molecule has 1 heterocycles. The molecule has 0 aliphatic carbocycles. The largest absolute Gasteiger partial charge is 0.464 e. The van der Waals surface area contributed by atoms with Crippen LogP contribution in [0.1, 0.15) is 18.1 Å². The lowest BCUT2D eigenvalue weighted by molar-refractivity contribution is -0.383. The highest BCUT2D eigenvalue weighted by molar-refractivity contribution is 5.95. The molecule has 0 spiro atoms. The van der Waals surface area contributed by atoms with Crippen LogP contribution in [0.3, 0.4) is 0 Å². The van der Waals surface area contributed by atoms with Gasteiger partial charge in [-0.15, -0.1) is 0 Å². The first kappa shape index (κ1) is 19.1. The standard InChI is InChI=1S/C20H18N2O6/c1-2-13-7-8-15-14(11-27-18(15)9-13)10-20(24)28-12-19(23)21-16-5-3-4-6-17(16)22(25)26/h3-9,11H,2,10,12H2,1H3,(H,21,23). The molecule has 1 N–H and O–H groups in total. The second-order valence-corrected chi connectivity index (χ2v) is 6.10. The molecule has 0 unspecified atom stereocenters. The van der Waals surface area contributed by atoms with Gasteiger partial charge in [0.2, 0.25) is 0 Å². The van der Waals surface area contributed by atoms with Gasteiger partial charge in [0.15, 0.2) is 6.61 Å². The molecule has 0 atom stereocenters. The summed E-state index contributed by atoms with van der Waals surface area (Å²) in [6.45, 7) is 1.50. The molecular formula is C20H18N2O6. The molecule has 3 rings (SSSR count). The number of nitro groups is 1. The number of furan rings is 1. The summed E-state index contributed by atoms with van der Waals surface area (Å²) in [4.78, 5) is 34.4. The maximum atomic E-state index is 12.1. The van der Waals surface area contributed by atoms with E-state index in [-0.39, 0.29) is 17.8 Å². The molecule has 2 aromatic carbocycles. The third-order valence-electron chi connectivity index (χ3n) is 4.20. The third kappa shape index (κ3) is 4.35. The summed E-state index contributed by atoms with van der Waals surface area (Å²) >= 11 is 0. The summed E-state index contributed by atoms with van der Waals surface area (Å²) in [6.07, 6.45) is 2.33. The molecule has 0 aliphatic heterocycles. The third-order valence-corrected chi connectivity index (χ3v) is 4.20. The van der Waals surface area contributed by atoms with Crippen molar-refractivity contribution in [3.05, 3.63) is 70.0 Å². The van der Waals surface area contributed by atoms with E-state index in [4.69, 9.17) is 9.15 Å². The van der Waals surface area contributed by atoms with Crippen molar-refractivity contribution >= 4 is 34.2 Å². The lowest BCUT2D eigenvalue weighted by Gasteiger charge is -2.07. The van der Waals surface area contributed by atoms with Crippen molar-refractivity contribution in [2.24, 2.45) is 0 Å². The Morgan fingerprint density at radius 1 is 1.21 bits per heavy atom. The minimum absolute atomic E-state index is 0.0427. The number of benzene rings is 2. The van der Waals surface area contributed by atoms with Gasteiger partial charge in [-0.3, -0.25) is 19.7 Å². The Bertz CT molecular complexity index is 1040.